The van der Waals surface area contributed by atoms with E-state index >= 15 is 8.78 Å². The van der Waals surface area contributed by atoms with Crippen LogP contribution in [0.2, 0.25) is 0 Å². The molecule has 356 valence electrons. The molecule has 67 heavy (non-hydrogen) atoms. The Morgan fingerprint density at radius 3 is 2.18 bits per heavy atom. The van der Waals surface area contributed by atoms with Gasteiger partial charge in [0.1, 0.15) is 29.9 Å². The number of nitrogens with one attached hydrogen (secondary N) is 4. The fourth-order valence-electron chi connectivity index (χ4n) is 8.35. The molecule has 1 unspecified atom stereocenters. The Morgan fingerprint density at radius 1 is 0.821 bits per heavy atom. The highest BCUT2D eigenvalue weighted by Crippen LogP contribution is 2.28. The summed E-state index contributed by atoms with van der Waals surface area (Å²) >= 11 is 0. The van der Waals surface area contributed by atoms with Crippen LogP contribution in [0.25, 0.3) is 10.8 Å². The molecule has 0 aliphatic carbocycles. The summed E-state index contributed by atoms with van der Waals surface area (Å²) in [4.78, 5) is 107. The highest BCUT2D eigenvalue weighted by molar-refractivity contribution is 6.11. The van der Waals surface area contributed by atoms with Crippen molar-refractivity contribution in [3.05, 3.63) is 108 Å². The van der Waals surface area contributed by atoms with Crippen molar-refractivity contribution in [3.63, 3.8) is 0 Å². The summed E-state index contributed by atoms with van der Waals surface area (Å²) in [5.74, 6) is -12.5. The van der Waals surface area contributed by atoms with Gasteiger partial charge in [0.05, 0.1) is 24.8 Å². The summed E-state index contributed by atoms with van der Waals surface area (Å²) in [6, 6.07) is 13.6. The van der Waals surface area contributed by atoms with Crippen molar-refractivity contribution >= 4 is 52.2 Å². The molecule has 2 aliphatic heterocycles. The Balaban J connectivity index is 1.21. The first-order chi connectivity index (χ1) is 31.9. The molecule has 4 aromatic rings. The number of benzene rings is 3. The summed E-state index contributed by atoms with van der Waals surface area (Å²) in [5, 5.41) is 11.8. The lowest BCUT2D eigenvalue weighted by molar-refractivity contribution is -0.161. The third-order valence-corrected chi connectivity index (χ3v) is 12.2. The third-order valence-electron chi connectivity index (χ3n) is 12.2. The van der Waals surface area contributed by atoms with E-state index in [4.69, 9.17) is 4.74 Å². The van der Waals surface area contributed by atoms with E-state index in [-0.39, 0.29) is 38.0 Å². The van der Waals surface area contributed by atoms with Crippen LogP contribution in [0.15, 0.2) is 85.3 Å². The second-order valence-corrected chi connectivity index (χ2v) is 17.8. The van der Waals surface area contributed by atoms with Gasteiger partial charge < -0.3 is 35.8 Å². The average Bonchev–Trinajstić information content (AvgIpc) is 3.75. The van der Waals surface area contributed by atoms with Gasteiger partial charge in [0.2, 0.25) is 23.5 Å². The Kier molecular flexibility index (Phi) is 16.0. The molecular formula is C49H58F2N8O8. The van der Waals surface area contributed by atoms with Gasteiger partial charge in [-0.3, -0.25) is 33.8 Å². The number of amides is 6. The minimum absolute atomic E-state index is 0.0356. The predicted octanol–water partition coefficient (Wildman–Crippen LogP) is 5.06. The predicted molar refractivity (Wildman–Crippen MR) is 243 cm³/mol. The molecule has 6 amide bonds. The molecule has 0 radical (unpaired) electrons. The van der Waals surface area contributed by atoms with Crippen LogP contribution >= 0.6 is 0 Å². The van der Waals surface area contributed by atoms with E-state index in [2.05, 4.69) is 31.2 Å². The molecule has 18 heteroatoms. The van der Waals surface area contributed by atoms with Crippen molar-refractivity contribution in [2.45, 2.75) is 116 Å². The number of fused-ring (bicyclic) bond motifs is 2. The molecule has 0 spiro atoms. The molecule has 2 aliphatic rings. The molecule has 0 bridgehead atoms. The number of likely N-dealkylation sites (tertiary alicyclic amines) is 1. The number of ketones is 1. The maximum Gasteiger partial charge on any atom is 0.410 e. The molecule has 1 saturated heterocycles. The third kappa shape index (κ3) is 11.8. The van der Waals surface area contributed by atoms with E-state index in [9.17, 15) is 33.6 Å². The number of carbonyl (C=O) groups excluding carboxylic acids is 7. The van der Waals surface area contributed by atoms with Crippen molar-refractivity contribution in [3.8, 4) is 0 Å². The molecule has 4 N–H and O–H groups in total. The first-order valence-electron chi connectivity index (χ1n) is 22.6. The number of hydrogen-bond donors (Lipinski definition) is 4. The van der Waals surface area contributed by atoms with Crippen LogP contribution in [-0.4, -0.2) is 110 Å². The van der Waals surface area contributed by atoms with E-state index in [1.807, 2.05) is 48.5 Å². The SMILES string of the molecule is CCC[C@H](NC(=O)C1C[C@@H](OC(=O)N2CCc3ccccc3C2)CN1C(=O)[C@@H](NC(=O)[C@@H](NC(=O)c1cnccn1)C(C)C)C(C)C)C(=O)C(F)(F)C(=O)N[C@@H](C)c1ccc2ccccc2c1. The number of rotatable bonds is 17. The van der Waals surface area contributed by atoms with Crippen LogP contribution in [-0.2, 0) is 41.7 Å². The smallest absolute Gasteiger partial charge is 0.410 e. The van der Waals surface area contributed by atoms with Gasteiger partial charge in [0.15, 0.2) is 0 Å². The molecule has 0 saturated carbocycles. The highest BCUT2D eigenvalue weighted by atomic mass is 19.3. The second kappa shape index (κ2) is 21.6. The van der Waals surface area contributed by atoms with Crippen LogP contribution in [0.1, 0.15) is 94.0 Å². The number of aromatic nitrogens is 2. The van der Waals surface area contributed by atoms with Crippen LogP contribution in [0, 0.1) is 11.8 Å². The molecule has 16 nitrogen and oxygen atoms in total. The molecule has 6 rings (SSSR count). The van der Waals surface area contributed by atoms with Gasteiger partial charge in [-0.2, -0.15) is 8.78 Å². The van der Waals surface area contributed by atoms with Gasteiger partial charge in [-0.15, -0.1) is 0 Å². The second-order valence-electron chi connectivity index (χ2n) is 17.8. The zero-order valence-electron chi connectivity index (χ0n) is 38.5. The summed E-state index contributed by atoms with van der Waals surface area (Å²) < 4.78 is 37.8. The molecule has 6 atom stereocenters. The van der Waals surface area contributed by atoms with Crippen LogP contribution < -0.4 is 21.3 Å². The molecule has 1 fully saturated rings. The van der Waals surface area contributed by atoms with Crippen molar-refractivity contribution in [2.24, 2.45) is 11.8 Å². The number of ether oxygens (including phenoxy) is 1. The van der Waals surface area contributed by atoms with E-state index in [0.717, 1.165) is 26.8 Å². The molecule has 3 heterocycles. The normalized spacial score (nSPS) is 17.8. The highest BCUT2D eigenvalue weighted by Gasteiger charge is 2.52. The van der Waals surface area contributed by atoms with Crippen LogP contribution in [0.3, 0.4) is 0 Å². The lowest BCUT2D eigenvalue weighted by atomic mass is 9.98. The van der Waals surface area contributed by atoms with Crippen LogP contribution in [0.5, 0.6) is 0 Å². The average molecular weight is 925 g/mol. The Morgan fingerprint density at radius 2 is 1.51 bits per heavy atom. The van der Waals surface area contributed by atoms with Crippen molar-refractivity contribution in [1.82, 2.24) is 41.0 Å². The number of halogens is 2. The van der Waals surface area contributed by atoms with Gasteiger partial charge in [0.25, 0.3) is 11.8 Å². The first kappa shape index (κ1) is 49.6. The van der Waals surface area contributed by atoms with Gasteiger partial charge in [-0.05, 0) is 65.1 Å². The Labute approximate surface area is 388 Å². The van der Waals surface area contributed by atoms with Gasteiger partial charge in [0, 0.05) is 31.9 Å². The van der Waals surface area contributed by atoms with Crippen molar-refractivity contribution < 1.29 is 47.1 Å². The monoisotopic (exact) mass is 924 g/mol. The number of Topliss-reactive ketones (excluding diaryl/α,β-unsaturated/α-hetero) is 1. The van der Waals surface area contributed by atoms with E-state index in [1.165, 1.54) is 30.4 Å². The van der Waals surface area contributed by atoms with E-state index in [1.54, 1.807) is 52.8 Å². The van der Waals surface area contributed by atoms with E-state index in [0.29, 0.717) is 18.5 Å². The molecular weight excluding hydrogens is 867 g/mol. The number of nitrogens with zero attached hydrogens (tertiary/aromatic N) is 4. The summed E-state index contributed by atoms with van der Waals surface area (Å²) in [5.41, 5.74) is 2.53. The number of hydrogen-bond acceptors (Lipinski definition) is 10. The summed E-state index contributed by atoms with van der Waals surface area (Å²) in [7, 11) is 0. The number of alkyl halides is 2. The van der Waals surface area contributed by atoms with Gasteiger partial charge >= 0.3 is 12.0 Å². The fraction of sp³-hybridized carbons (Fsp3) is 0.449. The fourth-order valence-corrected chi connectivity index (χ4v) is 8.35. The number of carbonyl (C=O) groups is 7. The minimum atomic E-state index is -4.57. The van der Waals surface area contributed by atoms with E-state index < -0.39 is 95.5 Å². The lowest BCUT2D eigenvalue weighted by Gasteiger charge is -2.32. The maximum atomic E-state index is 15.9. The van der Waals surface area contributed by atoms with Crippen LogP contribution in [0.4, 0.5) is 13.6 Å². The standard InChI is InChI=1S/C49H58F2N8O8/c1-7-12-37(42(60)49(50,51)47(65)54-30(6)33-18-17-31-13-8-10-15-34(31)23-33)55-44(62)39-24-36(67-48(66)58-22-19-32-14-9-11-16-35(32)26-58)27-59(39)46(64)41(29(4)5)57-45(63)40(28(2)3)56-43(61)38-25-52-20-21-53-38/h8-11,13-18,20-21,23,25,28-30,36-37,39-41H,7,12,19,22,24,26-27H2,1-6H3,(H,54,65)(H,55,62)(H,56,61)(H,57,63)/t30-,36+,37-,39?,40-,41-/m0/s1. The molecule has 1 aromatic heterocycles. The molecule has 3 aromatic carbocycles. The summed E-state index contributed by atoms with van der Waals surface area (Å²) in [6.07, 6.45) is 2.37. The maximum absolute atomic E-state index is 15.9. The topological polar surface area (TPSA) is 209 Å². The van der Waals surface area contributed by atoms with Gasteiger partial charge in [-0.25, -0.2) is 9.78 Å². The Bertz CT molecular complexity index is 2470. The van der Waals surface area contributed by atoms with Crippen molar-refractivity contribution in [2.75, 3.05) is 13.1 Å². The summed E-state index contributed by atoms with van der Waals surface area (Å²) in [6.45, 7) is 10.1. The quantitative estimate of drug-likeness (QED) is 0.104. The first-order valence-corrected chi connectivity index (χ1v) is 22.6. The Hall–Kier alpha value is -6.85. The zero-order chi connectivity index (χ0) is 48.6. The van der Waals surface area contributed by atoms with Crippen molar-refractivity contribution in [1.29, 1.82) is 0 Å². The van der Waals surface area contributed by atoms with Gasteiger partial charge in [-0.1, -0.05) is 102 Å². The minimum Gasteiger partial charge on any atom is -0.444 e. The lowest BCUT2D eigenvalue weighted by Crippen LogP contribution is -2.60. The zero-order valence-corrected chi connectivity index (χ0v) is 38.5. The largest absolute Gasteiger partial charge is 0.444 e.